The van der Waals surface area contributed by atoms with Gasteiger partial charge in [0, 0.05) is 19.2 Å². The largest absolute Gasteiger partial charge is 0.475 e. The van der Waals surface area contributed by atoms with Gasteiger partial charge in [-0.3, -0.25) is 0 Å². The molecule has 0 radical (unpaired) electrons. The first-order valence-electron chi connectivity index (χ1n) is 6.96. The molecule has 1 aromatic rings. The Kier molecular flexibility index (Phi) is 4.64. The molecule has 0 saturated heterocycles. The maximum absolute atomic E-state index is 5.45. The van der Waals surface area contributed by atoms with Crippen molar-refractivity contribution in [2.75, 3.05) is 25.6 Å². The number of pyridine rings is 1. The molecule has 1 aliphatic rings. The van der Waals surface area contributed by atoms with E-state index in [2.05, 4.69) is 24.1 Å². The van der Waals surface area contributed by atoms with Gasteiger partial charge < -0.3 is 14.8 Å². The number of hydrogen-bond acceptors (Lipinski definition) is 4. The summed E-state index contributed by atoms with van der Waals surface area (Å²) in [6.07, 6.45) is 5.67. The van der Waals surface area contributed by atoms with Crippen LogP contribution in [0.15, 0.2) is 18.3 Å². The lowest BCUT2D eigenvalue weighted by atomic mass is 9.87. The molecule has 0 aliphatic heterocycles. The molecule has 1 heterocycles. The highest BCUT2D eigenvalue weighted by molar-refractivity contribution is 5.43. The summed E-state index contributed by atoms with van der Waals surface area (Å²) in [5.74, 6) is 0.647. The number of nitrogens with zero attached hydrogens (tertiary/aromatic N) is 1. The van der Waals surface area contributed by atoms with Gasteiger partial charge in [0.15, 0.2) is 0 Å². The Balaban J connectivity index is 1.88. The van der Waals surface area contributed by atoms with Crippen molar-refractivity contribution in [1.29, 1.82) is 0 Å². The van der Waals surface area contributed by atoms with Crippen molar-refractivity contribution in [3.63, 3.8) is 0 Å². The van der Waals surface area contributed by atoms with E-state index in [4.69, 9.17) is 9.47 Å². The van der Waals surface area contributed by atoms with Crippen LogP contribution in [0.4, 0.5) is 5.69 Å². The van der Waals surface area contributed by atoms with Crippen molar-refractivity contribution in [3.05, 3.63) is 18.3 Å². The van der Waals surface area contributed by atoms with Crippen LogP contribution in [0.2, 0.25) is 0 Å². The number of rotatable bonds is 6. The van der Waals surface area contributed by atoms with Crippen LogP contribution in [0, 0.1) is 5.41 Å². The Labute approximate surface area is 115 Å². The lowest BCUT2D eigenvalue weighted by molar-refractivity contribution is 0.144. The summed E-state index contributed by atoms with van der Waals surface area (Å²) in [5.41, 5.74) is 1.44. The van der Waals surface area contributed by atoms with Crippen LogP contribution in [0.5, 0.6) is 5.88 Å². The van der Waals surface area contributed by atoms with Crippen LogP contribution in [-0.2, 0) is 4.74 Å². The molecule has 0 spiro atoms. The summed E-state index contributed by atoms with van der Waals surface area (Å²) in [7, 11) is 1.66. The van der Waals surface area contributed by atoms with Gasteiger partial charge in [-0.05, 0) is 24.3 Å². The van der Waals surface area contributed by atoms with E-state index >= 15 is 0 Å². The Morgan fingerprint density at radius 2 is 2.21 bits per heavy atom. The average molecular weight is 264 g/mol. The van der Waals surface area contributed by atoms with Crippen molar-refractivity contribution in [1.82, 2.24) is 4.98 Å². The van der Waals surface area contributed by atoms with Crippen LogP contribution < -0.4 is 10.1 Å². The quantitative estimate of drug-likeness (QED) is 0.802. The van der Waals surface area contributed by atoms with Gasteiger partial charge in [-0.1, -0.05) is 20.3 Å². The van der Waals surface area contributed by atoms with Gasteiger partial charge in [-0.15, -0.1) is 0 Å². The van der Waals surface area contributed by atoms with Gasteiger partial charge in [-0.2, -0.15) is 0 Å². The molecule has 1 saturated carbocycles. The molecule has 1 N–H and O–H groups in total. The second-order valence-corrected chi connectivity index (χ2v) is 5.80. The highest BCUT2D eigenvalue weighted by atomic mass is 16.5. The standard InChI is InChI=1S/C15H24N2O2/c1-15(2)8-4-5-13(15)17-12-6-7-14(16-11-12)19-10-9-18-3/h6-7,11,13,17H,4-5,8-10H2,1-3H3. The molecule has 1 unspecified atom stereocenters. The Bertz CT molecular complexity index is 390. The summed E-state index contributed by atoms with van der Waals surface area (Å²) >= 11 is 0. The van der Waals surface area contributed by atoms with Crippen molar-refractivity contribution in [2.45, 2.75) is 39.2 Å². The number of anilines is 1. The first-order chi connectivity index (χ1) is 9.12. The molecule has 0 amide bonds. The lowest BCUT2D eigenvalue weighted by Gasteiger charge is -2.28. The summed E-state index contributed by atoms with van der Waals surface area (Å²) in [5, 5.41) is 3.58. The highest BCUT2D eigenvalue weighted by Crippen LogP contribution is 2.38. The van der Waals surface area contributed by atoms with E-state index < -0.39 is 0 Å². The number of nitrogens with one attached hydrogen (secondary N) is 1. The predicted octanol–water partition coefficient (Wildman–Crippen LogP) is 3.10. The third-order valence-corrected chi connectivity index (χ3v) is 3.87. The minimum absolute atomic E-state index is 0.369. The molecule has 4 nitrogen and oxygen atoms in total. The topological polar surface area (TPSA) is 43.4 Å². The summed E-state index contributed by atoms with van der Waals surface area (Å²) < 4.78 is 10.4. The molecular formula is C15H24N2O2. The fourth-order valence-electron chi connectivity index (χ4n) is 2.58. The Morgan fingerprint density at radius 3 is 2.79 bits per heavy atom. The number of aromatic nitrogens is 1. The third-order valence-electron chi connectivity index (χ3n) is 3.87. The lowest BCUT2D eigenvalue weighted by Crippen LogP contribution is -2.30. The molecule has 1 atom stereocenters. The van der Waals surface area contributed by atoms with E-state index in [1.54, 1.807) is 7.11 Å². The molecule has 106 valence electrons. The molecule has 0 aromatic carbocycles. The second kappa shape index (κ2) is 6.24. The molecule has 0 bridgehead atoms. The summed E-state index contributed by atoms with van der Waals surface area (Å²) in [6, 6.07) is 4.47. The van der Waals surface area contributed by atoms with E-state index in [0.717, 1.165) is 5.69 Å². The maximum atomic E-state index is 5.45. The van der Waals surface area contributed by atoms with Crippen LogP contribution in [0.1, 0.15) is 33.1 Å². The first kappa shape index (κ1) is 14.1. The molecule has 1 aromatic heterocycles. The second-order valence-electron chi connectivity index (χ2n) is 5.80. The Hall–Kier alpha value is -1.29. The van der Waals surface area contributed by atoms with Crippen molar-refractivity contribution in [2.24, 2.45) is 5.41 Å². The molecule has 1 aliphatic carbocycles. The number of hydrogen-bond donors (Lipinski definition) is 1. The number of methoxy groups -OCH3 is 1. The summed E-state index contributed by atoms with van der Waals surface area (Å²) in [4.78, 5) is 4.30. The zero-order chi connectivity index (χ0) is 13.7. The van der Waals surface area contributed by atoms with Gasteiger partial charge in [0.2, 0.25) is 5.88 Å². The normalized spacial score (nSPS) is 21.3. The van der Waals surface area contributed by atoms with Crippen LogP contribution in [0.3, 0.4) is 0 Å². The minimum Gasteiger partial charge on any atom is -0.475 e. The van der Waals surface area contributed by atoms with E-state index in [0.29, 0.717) is 30.6 Å². The van der Waals surface area contributed by atoms with Crippen molar-refractivity contribution >= 4 is 5.69 Å². The van der Waals surface area contributed by atoms with E-state index in [1.807, 2.05) is 18.3 Å². The highest BCUT2D eigenvalue weighted by Gasteiger charge is 2.34. The Morgan fingerprint density at radius 1 is 1.37 bits per heavy atom. The minimum atomic E-state index is 0.369. The molecule has 2 rings (SSSR count). The smallest absolute Gasteiger partial charge is 0.213 e. The third kappa shape index (κ3) is 3.83. The molecule has 4 heteroatoms. The zero-order valence-corrected chi connectivity index (χ0v) is 12.1. The van der Waals surface area contributed by atoms with Gasteiger partial charge in [-0.25, -0.2) is 4.98 Å². The zero-order valence-electron chi connectivity index (χ0n) is 12.1. The van der Waals surface area contributed by atoms with Gasteiger partial charge in [0.25, 0.3) is 0 Å². The maximum Gasteiger partial charge on any atom is 0.213 e. The van der Waals surface area contributed by atoms with Gasteiger partial charge >= 0.3 is 0 Å². The van der Waals surface area contributed by atoms with Crippen molar-refractivity contribution < 1.29 is 9.47 Å². The molecule has 19 heavy (non-hydrogen) atoms. The fourth-order valence-corrected chi connectivity index (χ4v) is 2.58. The van der Waals surface area contributed by atoms with Gasteiger partial charge in [0.05, 0.1) is 18.5 Å². The van der Waals surface area contributed by atoms with Crippen LogP contribution in [0.25, 0.3) is 0 Å². The van der Waals surface area contributed by atoms with Crippen LogP contribution in [-0.4, -0.2) is 31.3 Å². The monoisotopic (exact) mass is 264 g/mol. The van der Waals surface area contributed by atoms with Crippen LogP contribution >= 0.6 is 0 Å². The predicted molar refractivity (Wildman–Crippen MR) is 76.7 cm³/mol. The first-order valence-corrected chi connectivity index (χ1v) is 6.96. The van der Waals surface area contributed by atoms with E-state index in [-0.39, 0.29) is 0 Å². The average Bonchev–Trinajstić information content (AvgIpc) is 2.71. The van der Waals surface area contributed by atoms with Gasteiger partial charge in [0.1, 0.15) is 6.61 Å². The van der Waals surface area contributed by atoms with E-state index in [1.165, 1.54) is 19.3 Å². The molecule has 1 fully saturated rings. The number of ether oxygens (including phenoxy) is 2. The summed E-state index contributed by atoms with van der Waals surface area (Å²) in [6.45, 7) is 5.77. The van der Waals surface area contributed by atoms with Crippen molar-refractivity contribution in [3.8, 4) is 5.88 Å². The van der Waals surface area contributed by atoms with E-state index in [9.17, 15) is 0 Å². The SMILES string of the molecule is COCCOc1ccc(NC2CCCC2(C)C)cn1. The fraction of sp³-hybridized carbons (Fsp3) is 0.667. The molecular weight excluding hydrogens is 240 g/mol.